The van der Waals surface area contributed by atoms with E-state index >= 15 is 0 Å². The van der Waals surface area contributed by atoms with E-state index in [1.807, 2.05) is 0 Å². The topological polar surface area (TPSA) is 71.1 Å². The lowest BCUT2D eigenvalue weighted by Gasteiger charge is -2.13. The summed E-state index contributed by atoms with van der Waals surface area (Å²) in [6.07, 6.45) is 0.950. The SMILES string of the molecule is COC(=O)C1=C(OC)C[C@@H]2C(C(=O)OC)=C(OC)C[C@H]12. The van der Waals surface area contributed by atoms with E-state index in [9.17, 15) is 9.59 Å². The van der Waals surface area contributed by atoms with Gasteiger partial charge in [-0.25, -0.2) is 9.59 Å². The summed E-state index contributed by atoms with van der Waals surface area (Å²) < 4.78 is 20.2. The molecule has 0 saturated heterocycles. The van der Waals surface area contributed by atoms with Crippen LogP contribution in [0.4, 0.5) is 0 Å². The number of allylic oxidation sites excluding steroid dienone is 2. The van der Waals surface area contributed by atoms with Crippen LogP contribution < -0.4 is 0 Å². The molecule has 6 heteroatoms. The number of hydrogen-bond donors (Lipinski definition) is 0. The molecule has 0 heterocycles. The Kier molecular flexibility index (Phi) is 4.01. The maximum Gasteiger partial charge on any atom is 0.337 e. The van der Waals surface area contributed by atoms with Gasteiger partial charge in [-0.05, 0) is 0 Å². The lowest BCUT2D eigenvalue weighted by molar-refractivity contribution is -0.138. The van der Waals surface area contributed by atoms with Gasteiger partial charge in [-0.1, -0.05) is 0 Å². The third-order valence-electron chi connectivity index (χ3n) is 3.94. The molecular formula is C14H18O6. The molecule has 0 N–H and O–H groups in total. The number of ether oxygens (including phenoxy) is 4. The Bertz CT molecular complexity index is 456. The first-order chi connectivity index (χ1) is 9.58. The molecule has 0 aromatic carbocycles. The van der Waals surface area contributed by atoms with E-state index < -0.39 is 11.9 Å². The van der Waals surface area contributed by atoms with Gasteiger partial charge in [-0.3, -0.25) is 0 Å². The Morgan fingerprint density at radius 3 is 1.40 bits per heavy atom. The Morgan fingerprint density at radius 1 is 0.800 bits per heavy atom. The van der Waals surface area contributed by atoms with E-state index in [-0.39, 0.29) is 11.8 Å². The summed E-state index contributed by atoms with van der Waals surface area (Å²) in [7, 11) is 5.68. The Labute approximate surface area is 117 Å². The Morgan fingerprint density at radius 2 is 1.15 bits per heavy atom. The maximum atomic E-state index is 11.9. The molecular weight excluding hydrogens is 264 g/mol. The molecule has 110 valence electrons. The minimum atomic E-state index is -0.420. The molecule has 0 spiro atoms. The fraction of sp³-hybridized carbons (Fsp3) is 0.571. The highest BCUT2D eigenvalue weighted by Crippen LogP contribution is 2.51. The average Bonchev–Trinajstić information content (AvgIpc) is 2.99. The molecule has 20 heavy (non-hydrogen) atoms. The zero-order chi connectivity index (χ0) is 14.9. The second-order valence-electron chi connectivity index (χ2n) is 4.69. The van der Waals surface area contributed by atoms with Crippen LogP contribution in [0.3, 0.4) is 0 Å². The van der Waals surface area contributed by atoms with Crippen molar-refractivity contribution in [3.8, 4) is 0 Å². The van der Waals surface area contributed by atoms with Crippen LogP contribution in [0.2, 0.25) is 0 Å². The third-order valence-corrected chi connectivity index (χ3v) is 3.94. The lowest BCUT2D eigenvalue weighted by atomic mass is 9.90. The van der Waals surface area contributed by atoms with Crippen molar-refractivity contribution in [1.82, 2.24) is 0 Å². The van der Waals surface area contributed by atoms with Gasteiger partial charge in [0.15, 0.2) is 0 Å². The standard InChI is InChI=1S/C14H18O6/c1-17-9-5-7-8(11(9)13(15)19-3)6-10(18-2)12(7)14(16)20-4/h7-8H,5-6H2,1-4H3/t7-,8-/m0/s1. The van der Waals surface area contributed by atoms with Crippen LogP contribution in [0.25, 0.3) is 0 Å². The van der Waals surface area contributed by atoms with Crippen molar-refractivity contribution >= 4 is 11.9 Å². The highest BCUT2D eigenvalue weighted by atomic mass is 16.5. The Hall–Kier alpha value is -1.98. The molecule has 2 aliphatic carbocycles. The molecule has 0 aromatic rings. The normalized spacial score (nSPS) is 24.6. The van der Waals surface area contributed by atoms with Gasteiger partial charge >= 0.3 is 11.9 Å². The van der Waals surface area contributed by atoms with E-state index in [0.717, 1.165) is 0 Å². The highest BCUT2D eigenvalue weighted by Gasteiger charge is 2.49. The van der Waals surface area contributed by atoms with E-state index in [1.165, 1.54) is 28.4 Å². The van der Waals surface area contributed by atoms with Crippen LogP contribution in [-0.2, 0) is 28.5 Å². The van der Waals surface area contributed by atoms with Gasteiger partial charge in [0.25, 0.3) is 0 Å². The van der Waals surface area contributed by atoms with Crippen molar-refractivity contribution in [2.45, 2.75) is 12.8 Å². The number of carbonyl (C=O) groups is 2. The lowest BCUT2D eigenvalue weighted by Crippen LogP contribution is -2.18. The van der Waals surface area contributed by atoms with Crippen molar-refractivity contribution in [3.63, 3.8) is 0 Å². The molecule has 0 bridgehead atoms. The van der Waals surface area contributed by atoms with Gasteiger partial charge in [-0.2, -0.15) is 0 Å². The molecule has 2 rings (SSSR count). The molecule has 2 atom stereocenters. The van der Waals surface area contributed by atoms with Crippen LogP contribution in [0, 0.1) is 11.8 Å². The van der Waals surface area contributed by atoms with Crippen LogP contribution in [0.1, 0.15) is 12.8 Å². The summed E-state index contributed by atoms with van der Waals surface area (Å²) in [5, 5.41) is 0. The van der Waals surface area contributed by atoms with Crippen molar-refractivity contribution < 1.29 is 28.5 Å². The number of methoxy groups -OCH3 is 4. The van der Waals surface area contributed by atoms with Gasteiger partial charge in [0.05, 0.1) is 39.6 Å². The van der Waals surface area contributed by atoms with Crippen LogP contribution in [0.5, 0.6) is 0 Å². The van der Waals surface area contributed by atoms with E-state index in [0.29, 0.717) is 35.5 Å². The molecule has 0 amide bonds. The number of carbonyl (C=O) groups excluding carboxylic acids is 2. The fourth-order valence-corrected chi connectivity index (χ4v) is 3.06. The van der Waals surface area contributed by atoms with E-state index in [4.69, 9.17) is 18.9 Å². The van der Waals surface area contributed by atoms with E-state index in [2.05, 4.69) is 0 Å². The maximum absolute atomic E-state index is 11.9. The van der Waals surface area contributed by atoms with Gasteiger partial charge < -0.3 is 18.9 Å². The van der Waals surface area contributed by atoms with Crippen LogP contribution >= 0.6 is 0 Å². The second kappa shape index (κ2) is 5.56. The van der Waals surface area contributed by atoms with Gasteiger partial charge in [-0.15, -0.1) is 0 Å². The van der Waals surface area contributed by atoms with Crippen LogP contribution in [-0.4, -0.2) is 40.4 Å². The summed E-state index contributed by atoms with van der Waals surface area (Å²) in [5.74, 6) is 0.00144. The average molecular weight is 282 g/mol. The molecule has 0 aliphatic heterocycles. The quantitative estimate of drug-likeness (QED) is 0.721. The largest absolute Gasteiger partial charge is 0.501 e. The number of esters is 2. The van der Waals surface area contributed by atoms with Gasteiger partial charge in [0, 0.05) is 24.7 Å². The summed E-state index contributed by atoms with van der Waals surface area (Å²) in [6.45, 7) is 0. The summed E-state index contributed by atoms with van der Waals surface area (Å²) in [4.78, 5) is 23.9. The smallest absolute Gasteiger partial charge is 0.337 e. The molecule has 0 radical (unpaired) electrons. The van der Waals surface area contributed by atoms with Crippen molar-refractivity contribution in [3.05, 3.63) is 22.7 Å². The molecule has 0 unspecified atom stereocenters. The molecule has 0 fully saturated rings. The second-order valence-corrected chi connectivity index (χ2v) is 4.69. The van der Waals surface area contributed by atoms with E-state index in [1.54, 1.807) is 0 Å². The Balaban J connectivity index is 2.37. The van der Waals surface area contributed by atoms with Crippen molar-refractivity contribution in [1.29, 1.82) is 0 Å². The zero-order valence-corrected chi connectivity index (χ0v) is 12.0. The minimum absolute atomic E-state index is 0.151. The first-order valence-electron chi connectivity index (χ1n) is 6.29. The predicted molar refractivity (Wildman–Crippen MR) is 68.3 cm³/mol. The van der Waals surface area contributed by atoms with Gasteiger partial charge in [0.2, 0.25) is 0 Å². The first kappa shape index (κ1) is 14.4. The fourth-order valence-electron chi connectivity index (χ4n) is 3.06. The molecule has 0 aromatic heterocycles. The molecule has 2 aliphatic rings. The predicted octanol–water partition coefficient (Wildman–Crippen LogP) is 1.17. The highest BCUT2D eigenvalue weighted by molar-refractivity contribution is 5.94. The third kappa shape index (κ3) is 2.05. The zero-order valence-electron chi connectivity index (χ0n) is 12.0. The number of rotatable bonds is 4. The number of hydrogen-bond acceptors (Lipinski definition) is 6. The molecule has 6 nitrogen and oxygen atoms in total. The van der Waals surface area contributed by atoms with Crippen LogP contribution in [0.15, 0.2) is 22.7 Å². The molecule has 0 saturated carbocycles. The summed E-state index contributed by atoms with van der Waals surface area (Å²) in [5.41, 5.74) is 0.988. The first-order valence-corrected chi connectivity index (χ1v) is 6.29. The summed E-state index contributed by atoms with van der Waals surface area (Å²) in [6, 6.07) is 0. The van der Waals surface area contributed by atoms with Crippen molar-refractivity contribution in [2.24, 2.45) is 11.8 Å². The van der Waals surface area contributed by atoms with Crippen molar-refractivity contribution in [2.75, 3.05) is 28.4 Å². The summed E-state index contributed by atoms with van der Waals surface area (Å²) >= 11 is 0. The monoisotopic (exact) mass is 282 g/mol. The van der Waals surface area contributed by atoms with Gasteiger partial charge in [0.1, 0.15) is 11.5 Å². The number of fused-ring (bicyclic) bond motifs is 1. The minimum Gasteiger partial charge on any atom is -0.501 e.